The van der Waals surface area contributed by atoms with Crippen LogP contribution >= 0.6 is 0 Å². The molecule has 2 heterocycles. The fourth-order valence-electron chi connectivity index (χ4n) is 3.12. The Morgan fingerprint density at radius 3 is 2.86 bits per heavy atom. The lowest BCUT2D eigenvalue weighted by Crippen LogP contribution is -2.29. The molecule has 0 aromatic heterocycles. The molecule has 1 aromatic carbocycles. The van der Waals surface area contributed by atoms with Crippen molar-refractivity contribution in [2.24, 2.45) is 5.92 Å². The second-order valence-corrected chi connectivity index (χ2v) is 6.26. The summed E-state index contributed by atoms with van der Waals surface area (Å²) in [7, 11) is 0. The number of nitrogens with zero attached hydrogens (tertiary/aromatic N) is 1. The van der Waals surface area contributed by atoms with E-state index in [9.17, 15) is 5.11 Å². The highest BCUT2D eigenvalue weighted by Gasteiger charge is 2.19. The number of aliphatic hydroxyl groups is 1. The maximum atomic E-state index is 10.5. The second kappa shape index (κ2) is 6.67. The molecular formula is C17H25NO3. The van der Waals surface area contributed by atoms with Crippen LogP contribution in [0.1, 0.15) is 37.9 Å². The summed E-state index contributed by atoms with van der Waals surface area (Å²) in [6, 6.07) is 5.76. The Kier molecular flexibility index (Phi) is 4.66. The Morgan fingerprint density at radius 1 is 1.19 bits per heavy atom. The van der Waals surface area contributed by atoms with Crippen LogP contribution in [0.15, 0.2) is 18.2 Å². The molecule has 0 saturated carbocycles. The zero-order valence-electron chi connectivity index (χ0n) is 12.8. The highest BCUT2D eigenvalue weighted by atomic mass is 16.6. The summed E-state index contributed by atoms with van der Waals surface area (Å²) in [5, 5.41) is 10.5. The lowest BCUT2D eigenvalue weighted by atomic mass is 10.0. The summed E-state index contributed by atoms with van der Waals surface area (Å²) in [5.74, 6) is 2.34. The third-order valence-corrected chi connectivity index (χ3v) is 4.49. The van der Waals surface area contributed by atoms with E-state index >= 15 is 0 Å². The standard InChI is InChI=1S/C17H25NO3/c1-13-3-2-7-18(8-6-13)12-15(19)14-4-5-16-17(11-14)21-10-9-20-16/h4-5,11,13,15,19H,2-3,6-10,12H2,1H3. The Morgan fingerprint density at radius 2 is 2.00 bits per heavy atom. The Bertz CT molecular complexity index is 477. The van der Waals surface area contributed by atoms with E-state index in [0.29, 0.717) is 19.8 Å². The van der Waals surface area contributed by atoms with E-state index < -0.39 is 6.10 Å². The first-order chi connectivity index (χ1) is 10.2. The lowest BCUT2D eigenvalue weighted by Gasteiger charge is -2.25. The molecule has 0 spiro atoms. The van der Waals surface area contributed by atoms with Crippen molar-refractivity contribution >= 4 is 0 Å². The summed E-state index contributed by atoms with van der Waals surface area (Å²) in [6.45, 7) is 6.37. The fraction of sp³-hybridized carbons (Fsp3) is 0.647. The van der Waals surface area contributed by atoms with Gasteiger partial charge in [0.05, 0.1) is 6.10 Å². The predicted octanol–water partition coefficient (Wildman–Crippen LogP) is 2.61. The van der Waals surface area contributed by atoms with Crippen molar-refractivity contribution in [3.63, 3.8) is 0 Å². The number of rotatable bonds is 3. The molecular weight excluding hydrogens is 266 g/mol. The highest BCUT2D eigenvalue weighted by molar-refractivity contribution is 5.44. The number of hydrogen-bond donors (Lipinski definition) is 1. The first kappa shape index (κ1) is 14.7. The fourth-order valence-corrected chi connectivity index (χ4v) is 3.12. The minimum Gasteiger partial charge on any atom is -0.486 e. The number of ether oxygens (including phenoxy) is 2. The van der Waals surface area contributed by atoms with E-state index in [1.165, 1.54) is 19.3 Å². The summed E-state index contributed by atoms with van der Waals surface area (Å²) < 4.78 is 11.1. The number of hydrogen-bond acceptors (Lipinski definition) is 4. The SMILES string of the molecule is CC1CCCN(CC(O)c2ccc3c(c2)OCCO3)CC1. The Balaban J connectivity index is 1.63. The van der Waals surface area contributed by atoms with Gasteiger partial charge in [0.1, 0.15) is 13.2 Å². The van der Waals surface area contributed by atoms with Gasteiger partial charge in [0, 0.05) is 6.54 Å². The molecule has 2 aliphatic rings. The van der Waals surface area contributed by atoms with E-state index in [2.05, 4.69) is 11.8 Å². The molecule has 2 aliphatic heterocycles. The van der Waals surface area contributed by atoms with Gasteiger partial charge in [0.15, 0.2) is 11.5 Å². The third-order valence-electron chi connectivity index (χ3n) is 4.49. The first-order valence-electron chi connectivity index (χ1n) is 8.02. The summed E-state index contributed by atoms with van der Waals surface area (Å²) in [6.07, 6.45) is 3.30. The molecule has 1 aromatic rings. The van der Waals surface area contributed by atoms with E-state index in [4.69, 9.17) is 9.47 Å². The first-order valence-corrected chi connectivity index (χ1v) is 8.02. The minimum absolute atomic E-state index is 0.464. The predicted molar refractivity (Wildman–Crippen MR) is 81.8 cm³/mol. The largest absolute Gasteiger partial charge is 0.486 e. The lowest BCUT2D eigenvalue weighted by molar-refractivity contribution is 0.113. The molecule has 1 saturated heterocycles. The van der Waals surface area contributed by atoms with Gasteiger partial charge in [-0.3, -0.25) is 0 Å². The van der Waals surface area contributed by atoms with E-state index in [0.717, 1.165) is 36.1 Å². The molecule has 0 radical (unpaired) electrons. The van der Waals surface area contributed by atoms with Crippen LogP contribution in [-0.4, -0.2) is 42.9 Å². The number of aliphatic hydroxyl groups excluding tert-OH is 1. The van der Waals surface area contributed by atoms with Crippen LogP contribution in [0.2, 0.25) is 0 Å². The average Bonchev–Trinajstić information content (AvgIpc) is 2.71. The molecule has 4 heteroatoms. The smallest absolute Gasteiger partial charge is 0.161 e. The van der Waals surface area contributed by atoms with Crippen LogP contribution in [-0.2, 0) is 0 Å². The number of β-amino-alcohol motifs (C(OH)–C–C–N with tert-alkyl or cyclic N) is 1. The van der Waals surface area contributed by atoms with Gasteiger partial charge in [-0.25, -0.2) is 0 Å². The monoisotopic (exact) mass is 291 g/mol. The van der Waals surface area contributed by atoms with Crippen molar-refractivity contribution in [2.75, 3.05) is 32.8 Å². The zero-order valence-corrected chi connectivity index (χ0v) is 12.8. The van der Waals surface area contributed by atoms with Crippen LogP contribution in [0.3, 0.4) is 0 Å². The molecule has 2 unspecified atom stereocenters. The van der Waals surface area contributed by atoms with Crippen molar-refractivity contribution in [3.05, 3.63) is 23.8 Å². The van der Waals surface area contributed by atoms with Gasteiger partial charge >= 0.3 is 0 Å². The second-order valence-electron chi connectivity index (χ2n) is 6.26. The molecule has 4 nitrogen and oxygen atoms in total. The molecule has 0 amide bonds. The van der Waals surface area contributed by atoms with Crippen molar-refractivity contribution in [3.8, 4) is 11.5 Å². The van der Waals surface area contributed by atoms with E-state index in [-0.39, 0.29) is 0 Å². The van der Waals surface area contributed by atoms with Gasteiger partial charge in [-0.1, -0.05) is 13.0 Å². The average molecular weight is 291 g/mol. The van der Waals surface area contributed by atoms with Crippen LogP contribution in [0.25, 0.3) is 0 Å². The normalized spacial score (nSPS) is 24.4. The van der Waals surface area contributed by atoms with Crippen molar-refractivity contribution in [1.82, 2.24) is 4.90 Å². The molecule has 0 bridgehead atoms. The molecule has 3 rings (SSSR count). The maximum absolute atomic E-state index is 10.5. The molecule has 2 atom stereocenters. The van der Waals surface area contributed by atoms with Crippen molar-refractivity contribution in [2.45, 2.75) is 32.3 Å². The molecule has 0 aliphatic carbocycles. The summed E-state index contributed by atoms with van der Waals surface area (Å²) >= 11 is 0. The van der Waals surface area contributed by atoms with E-state index in [1.54, 1.807) is 0 Å². The van der Waals surface area contributed by atoms with Crippen LogP contribution in [0.5, 0.6) is 11.5 Å². The zero-order chi connectivity index (χ0) is 14.7. The van der Waals surface area contributed by atoms with Gasteiger partial charge in [-0.15, -0.1) is 0 Å². The van der Waals surface area contributed by atoms with Crippen molar-refractivity contribution in [1.29, 1.82) is 0 Å². The van der Waals surface area contributed by atoms with E-state index in [1.807, 2.05) is 18.2 Å². The van der Waals surface area contributed by atoms with Gasteiger partial charge in [0.2, 0.25) is 0 Å². The van der Waals surface area contributed by atoms with Gasteiger partial charge < -0.3 is 19.5 Å². The van der Waals surface area contributed by atoms with Crippen LogP contribution < -0.4 is 9.47 Å². The van der Waals surface area contributed by atoms with Crippen LogP contribution in [0, 0.1) is 5.92 Å². The van der Waals surface area contributed by atoms with Crippen molar-refractivity contribution < 1.29 is 14.6 Å². The highest BCUT2D eigenvalue weighted by Crippen LogP contribution is 2.33. The topological polar surface area (TPSA) is 41.9 Å². The number of fused-ring (bicyclic) bond motifs is 1. The Hall–Kier alpha value is -1.26. The van der Waals surface area contributed by atoms with Gasteiger partial charge in [-0.2, -0.15) is 0 Å². The van der Waals surface area contributed by atoms with Gasteiger partial charge in [0.25, 0.3) is 0 Å². The van der Waals surface area contributed by atoms with Crippen LogP contribution in [0.4, 0.5) is 0 Å². The quantitative estimate of drug-likeness (QED) is 0.929. The Labute approximate surface area is 126 Å². The maximum Gasteiger partial charge on any atom is 0.161 e. The molecule has 116 valence electrons. The molecule has 1 fully saturated rings. The third kappa shape index (κ3) is 3.69. The number of benzene rings is 1. The molecule has 21 heavy (non-hydrogen) atoms. The minimum atomic E-state index is -0.464. The summed E-state index contributed by atoms with van der Waals surface area (Å²) in [4.78, 5) is 2.38. The summed E-state index contributed by atoms with van der Waals surface area (Å²) in [5.41, 5.74) is 0.913. The van der Waals surface area contributed by atoms with Gasteiger partial charge in [-0.05, 0) is 56.0 Å². The number of likely N-dealkylation sites (tertiary alicyclic amines) is 1. The molecule has 1 N–H and O–H groups in total.